The number of nitrogens with one attached hydrogen (secondary N) is 1. The average molecular weight is 238 g/mol. The summed E-state index contributed by atoms with van der Waals surface area (Å²) >= 11 is 0. The van der Waals surface area contributed by atoms with Crippen LogP contribution < -0.4 is 5.32 Å². The minimum atomic E-state index is -0.305. The number of hydrogen-bond donors (Lipinski definition) is 1. The van der Waals surface area contributed by atoms with Crippen LogP contribution in [0.4, 0.5) is 0 Å². The van der Waals surface area contributed by atoms with Gasteiger partial charge < -0.3 is 0 Å². The summed E-state index contributed by atoms with van der Waals surface area (Å²) in [5, 5.41) is 3.25. The molecular weight excluding hydrogens is 228 g/mol. The molecule has 2 heterocycles. The van der Waals surface area contributed by atoms with Crippen LogP contribution in [-0.4, -0.2) is 16.8 Å². The molecule has 2 amide bonds. The quantitative estimate of drug-likeness (QED) is 0.607. The van der Waals surface area contributed by atoms with E-state index in [0.29, 0.717) is 5.57 Å². The molecule has 18 heavy (non-hydrogen) atoms. The monoisotopic (exact) mass is 238 g/mol. The summed E-state index contributed by atoms with van der Waals surface area (Å²) in [5.41, 5.74) is 2.27. The minimum absolute atomic E-state index is 0.148. The summed E-state index contributed by atoms with van der Waals surface area (Å²) in [5.74, 6) is -0.550. The molecule has 1 N–H and O–H groups in total. The van der Waals surface area contributed by atoms with Gasteiger partial charge in [0.1, 0.15) is 0 Å². The van der Waals surface area contributed by atoms with Gasteiger partial charge in [0.05, 0.1) is 11.9 Å². The largest absolute Gasteiger partial charge is 0.292 e. The van der Waals surface area contributed by atoms with Gasteiger partial charge in [-0.15, -0.1) is 0 Å². The Balaban J connectivity index is 2.13. The Hall–Kier alpha value is -2.49. The Morgan fingerprint density at radius 3 is 2.78 bits per heavy atom. The van der Waals surface area contributed by atoms with Gasteiger partial charge in [0.15, 0.2) is 0 Å². The molecule has 3 rings (SSSR count). The van der Waals surface area contributed by atoms with E-state index in [1.807, 2.05) is 30.3 Å². The molecule has 1 aromatic heterocycles. The fourth-order valence-electron chi connectivity index (χ4n) is 2.05. The van der Waals surface area contributed by atoms with E-state index in [9.17, 15) is 9.59 Å². The van der Waals surface area contributed by atoms with Crippen molar-refractivity contribution in [3.8, 4) is 0 Å². The highest BCUT2D eigenvalue weighted by Gasteiger charge is 2.23. The second-order valence-electron chi connectivity index (χ2n) is 4.14. The second kappa shape index (κ2) is 4.07. The predicted octanol–water partition coefficient (Wildman–Crippen LogP) is 1.66. The van der Waals surface area contributed by atoms with Crippen LogP contribution in [0, 0.1) is 0 Å². The van der Waals surface area contributed by atoms with Crippen LogP contribution in [-0.2, 0) is 9.59 Å². The molecule has 0 spiro atoms. The fraction of sp³-hybridized carbons (Fsp3) is 0.0714. The van der Waals surface area contributed by atoms with Crippen LogP contribution in [0.25, 0.3) is 17.0 Å². The van der Waals surface area contributed by atoms with Crippen LogP contribution in [0.3, 0.4) is 0 Å². The van der Waals surface area contributed by atoms with E-state index >= 15 is 0 Å². The molecule has 1 fully saturated rings. The van der Waals surface area contributed by atoms with Crippen molar-refractivity contribution in [3.63, 3.8) is 0 Å². The average Bonchev–Trinajstić information content (AvgIpc) is 2.68. The van der Waals surface area contributed by atoms with Crippen LogP contribution in [0.1, 0.15) is 12.0 Å². The number of fused-ring (bicyclic) bond motifs is 1. The molecule has 2 aromatic rings. The van der Waals surface area contributed by atoms with E-state index in [1.54, 1.807) is 12.3 Å². The highest BCUT2D eigenvalue weighted by molar-refractivity contribution is 6.16. The van der Waals surface area contributed by atoms with Gasteiger partial charge >= 0.3 is 0 Å². The number of rotatable bonds is 1. The first kappa shape index (κ1) is 10.7. The molecule has 0 saturated carbocycles. The number of imide groups is 1. The summed E-state index contributed by atoms with van der Waals surface area (Å²) < 4.78 is 0. The summed E-state index contributed by atoms with van der Waals surface area (Å²) in [6.07, 6.45) is 3.60. The minimum Gasteiger partial charge on any atom is -0.292 e. The van der Waals surface area contributed by atoms with E-state index in [4.69, 9.17) is 0 Å². The number of hydrogen-bond acceptors (Lipinski definition) is 3. The molecule has 4 nitrogen and oxygen atoms in total. The van der Waals surface area contributed by atoms with E-state index in [-0.39, 0.29) is 18.2 Å². The number of nitrogens with zero attached hydrogens (tertiary/aromatic N) is 1. The highest BCUT2D eigenvalue weighted by Crippen LogP contribution is 2.21. The van der Waals surface area contributed by atoms with Gasteiger partial charge in [-0.05, 0) is 23.8 Å². The van der Waals surface area contributed by atoms with Gasteiger partial charge in [-0.3, -0.25) is 19.9 Å². The molecule has 0 aliphatic carbocycles. The Labute approximate surface area is 103 Å². The third-order valence-electron chi connectivity index (χ3n) is 2.91. The number of amides is 2. The summed E-state index contributed by atoms with van der Waals surface area (Å²) in [6.45, 7) is 0. The highest BCUT2D eigenvalue weighted by atomic mass is 16.2. The van der Waals surface area contributed by atoms with Crippen molar-refractivity contribution in [2.24, 2.45) is 0 Å². The lowest BCUT2D eigenvalue weighted by atomic mass is 10.1. The SMILES string of the molecule is O=C1CC(=Cc2ccnc3ccccc23)C(=O)N1. The molecule has 88 valence electrons. The number of pyridine rings is 1. The van der Waals surface area contributed by atoms with Crippen molar-refractivity contribution < 1.29 is 9.59 Å². The summed E-state index contributed by atoms with van der Waals surface area (Å²) in [7, 11) is 0. The van der Waals surface area contributed by atoms with Crippen molar-refractivity contribution in [3.05, 3.63) is 47.7 Å². The van der Waals surface area contributed by atoms with Crippen LogP contribution in [0.2, 0.25) is 0 Å². The van der Waals surface area contributed by atoms with E-state index in [0.717, 1.165) is 16.5 Å². The third-order valence-corrected chi connectivity index (χ3v) is 2.91. The van der Waals surface area contributed by atoms with Crippen LogP contribution in [0.15, 0.2) is 42.1 Å². The van der Waals surface area contributed by atoms with Crippen LogP contribution in [0.5, 0.6) is 0 Å². The number of para-hydroxylation sites is 1. The lowest BCUT2D eigenvalue weighted by molar-refractivity contribution is -0.124. The second-order valence-corrected chi connectivity index (χ2v) is 4.14. The third kappa shape index (κ3) is 1.78. The fourth-order valence-corrected chi connectivity index (χ4v) is 2.05. The molecule has 0 unspecified atom stereocenters. The van der Waals surface area contributed by atoms with E-state index < -0.39 is 0 Å². The Morgan fingerprint density at radius 1 is 1.17 bits per heavy atom. The maximum absolute atomic E-state index is 11.5. The molecule has 0 bridgehead atoms. The molecule has 1 aliphatic heterocycles. The Bertz CT molecular complexity index is 684. The predicted molar refractivity (Wildman–Crippen MR) is 67.5 cm³/mol. The number of carbonyl (C=O) groups excluding carboxylic acids is 2. The zero-order chi connectivity index (χ0) is 12.5. The van der Waals surface area contributed by atoms with Gasteiger partial charge in [-0.2, -0.15) is 0 Å². The van der Waals surface area contributed by atoms with Crippen molar-refractivity contribution in [1.29, 1.82) is 0 Å². The zero-order valence-corrected chi connectivity index (χ0v) is 9.51. The molecular formula is C14H10N2O2. The molecule has 1 aliphatic rings. The number of carbonyl (C=O) groups is 2. The topological polar surface area (TPSA) is 59.1 Å². The zero-order valence-electron chi connectivity index (χ0n) is 9.51. The van der Waals surface area contributed by atoms with Crippen LogP contribution >= 0.6 is 0 Å². The van der Waals surface area contributed by atoms with Crippen molar-refractivity contribution >= 4 is 28.8 Å². The van der Waals surface area contributed by atoms with Gasteiger partial charge in [0.25, 0.3) is 5.91 Å². The lowest BCUT2D eigenvalue weighted by Gasteiger charge is -2.01. The Kier molecular flexibility index (Phi) is 2.41. The molecule has 1 saturated heterocycles. The molecule has 0 atom stereocenters. The number of benzene rings is 1. The maximum atomic E-state index is 11.5. The van der Waals surface area contributed by atoms with Gasteiger partial charge in [0.2, 0.25) is 5.91 Å². The lowest BCUT2D eigenvalue weighted by Crippen LogP contribution is -2.19. The standard InChI is InChI=1S/C14H10N2O2/c17-13-8-10(14(18)16-13)7-9-5-6-15-12-4-2-1-3-11(9)12/h1-7H,8H2,(H,16,17,18). The van der Waals surface area contributed by atoms with Crippen molar-refractivity contribution in [2.45, 2.75) is 6.42 Å². The van der Waals surface area contributed by atoms with Crippen molar-refractivity contribution in [2.75, 3.05) is 0 Å². The van der Waals surface area contributed by atoms with Crippen molar-refractivity contribution in [1.82, 2.24) is 10.3 Å². The molecule has 1 aromatic carbocycles. The molecule has 0 radical (unpaired) electrons. The summed E-state index contributed by atoms with van der Waals surface area (Å²) in [6, 6.07) is 9.54. The first-order valence-electron chi connectivity index (χ1n) is 5.62. The molecule has 4 heteroatoms. The summed E-state index contributed by atoms with van der Waals surface area (Å²) in [4.78, 5) is 26.9. The van der Waals surface area contributed by atoms with E-state index in [2.05, 4.69) is 10.3 Å². The van der Waals surface area contributed by atoms with Gasteiger partial charge in [0, 0.05) is 17.2 Å². The smallest absolute Gasteiger partial charge is 0.254 e. The first-order chi connectivity index (χ1) is 8.74. The number of aromatic nitrogens is 1. The van der Waals surface area contributed by atoms with Gasteiger partial charge in [-0.25, -0.2) is 0 Å². The maximum Gasteiger partial charge on any atom is 0.254 e. The normalized spacial score (nSPS) is 17.4. The first-order valence-corrected chi connectivity index (χ1v) is 5.62. The Morgan fingerprint density at radius 2 is 2.00 bits per heavy atom. The van der Waals surface area contributed by atoms with E-state index in [1.165, 1.54) is 0 Å². The van der Waals surface area contributed by atoms with Gasteiger partial charge in [-0.1, -0.05) is 18.2 Å².